The minimum Gasteiger partial charge on any atom is -0.462 e. The van der Waals surface area contributed by atoms with Gasteiger partial charge < -0.3 is 14.6 Å². The third-order valence-electron chi connectivity index (χ3n) is 12.5. The van der Waals surface area contributed by atoms with Crippen molar-refractivity contribution in [1.82, 2.24) is 0 Å². The van der Waals surface area contributed by atoms with Crippen molar-refractivity contribution in [1.29, 1.82) is 0 Å². The third kappa shape index (κ3) is 58.8. The van der Waals surface area contributed by atoms with Gasteiger partial charge in [-0.2, -0.15) is 0 Å². The van der Waals surface area contributed by atoms with Crippen molar-refractivity contribution in [2.24, 2.45) is 0 Å². The number of hydrogen-bond acceptors (Lipinski definition) is 5. The zero-order chi connectivity index (χ0) is 51.3. The molecular weight excluding hydrogens is 873 g/mol. The number of aliphatic hydroxyl groups excluding tert-OH is 1. The van der Waals surface area contributed by atoms with Gasteiger partial charge in [-0.1, -0.05) is 264 Å². The molecule has 1 atom stereocenters. The number of rotatable bonds is 53. The zero-order valence-electron chi connectivity index (χ0n) is 46.2. The number of unbranched alkanes of at least 4 members (excludes halogenated alkanes) is 25. The largest absolute Gasteiger partial charge is 0.462 e. The molecule has 71 heavy (non-hydrogen) atoms. The highest BCUT2D eigenvalue weighted by Gasteiger charge is 2.16. The standard InChI is InChI=1S/C66H110O5/c1-3-5-7-9-11-13-15-17-19-21-22-23-24-25-26-27-28-29-30-31-32-33-34-35-36-37-38-39-40-41-42-43-44-45-47-49-51-53-55-57-59-61-66(69)71-64(62-67)63-70-65(68)60-58-56-54-52-50-48-46-20-18-16-14-12-10-8-6-4-2/h5,7,11,13-14,16-17,19-20,22-23,25-26,28-29,31-32,34-35,46,64,67H,3-4,6,8-10,12,15,18,21,24,27,30,33,36-45,47-63H2,1-2H3/b7-5-,13-11-,16-14-,19-17-,23-22-,26-25-,29-28-,32-31-,35-34-,46-20-. The molecule has 0 amide bonds. The Labute approximate surface area is 439 Å². The monoisotopic (exact) mass is 983 g/mol. The molecule has 0 bridgehead atoms. The van der Waals surface area contributed by atoms with Crippen LogP contribution in [-0.2, 0) is 19.1 Å². The summed E-state index contributed by atoms with van der Waals surface area (Å²) in [5.41, 5.74) is 0. The molecule has 0 aromatic carbocycles. The normalized spacial score (nSPS) is 13.1. The van der Waals surface area contributed by atoms with Crippen molar-refractivity contribution >= 4 is 11.9 Å². The topological polar surface area (TPSA) is 72.8 Å². The van der Waals surface area contributed by atoms with Gasteiger partial charge in [0.1, 0.15) is 6.61 Å². The summed E-state index contributed by atoms with van der Waals surface area (Å²) in [5, 5.41) is 9.64. The molecule has 1 unspecified atom stereocenters. The van der Waals surface area contributed by atoms with E-state index in [9.17, 15) is 14.7 Å². The van der Waals surface area contributed by atoms with E-state index in [2.05, 4.69) is 135 Å². The Balaban J connectivity index is 3.51. The summed E-state index contributed by atoms with van der Waals surface area (Å²) in [4.78, 5) is 24.5. The quantitative estimate of drug-likeness (QED) is 0.0373. The summed E-state index contributed by atoms with van der Waals surface area (Å²) in [5.74, 6) is -0.606. The van der Waals surface area contributed by atoms with E-state index in [1.165, 1.54) is 135 Å². The molecule has 5 nitrogen and oxygen atoms in total. The molecule has 0 rings (SSSR count). The summed E-state index contributed by atoms with van der Waals surface area (Å²) >= 11 is 0. The molecule has 0 aromatic rings. The van der Waals surface area contributed by atoms with Crippen LogP contribution in [-0.4, -0.2) is 36.4 Å². The molecule has 0 aliphatic heterocycles. The highest BCUT2D eigenvalue weighted by Crippen LogP contribution is 2.16. The number of aliphatic hydroxyl groups is 1. The maximum absolute atomic E-state index is 12.3. The fourth-order valence-corrected chi connectivity index (χ4v) is 8.07. The molecule has 0 aromatic heterocycles. The average molecular weight is 984 g/mol. The zero-order valence-corrected chi connectivity index (χ0v) is 46.2. The lowest BCUT2D eigenvalue weighted by atomic mass is 10.0. The van der Waals surface area contributed by atoms with Crippen molar-refractivity contribution in [3.05, 3.63) is 122 Å². The van der Waals surface area contributed by atoms with Gasteiger partial charge in [-0.25, -0.2) is 0 Å². The molecule has 404 valence electrons. The maximum Gasteiger partial charge on any atom is 0.306 e. The van der Waals surface area contributed by atoms with Crippen molar-refractivity contribution in [3.63, 3.8) is 0 Å². The van der Waals surface area contributed by atoms with E-state index < -0.39 is 6.10 Å². The van der Waals surface area contributed by atoms with Gasteiger partial charge in [-0.3, -0.25) is 9.59 Å². The molecule has 0 spiro atoms. The van der Waals surface area contributed by atoms with Gasteiger partial charge in [0.25, 0.3) is 0 Å². The lowest BCUT2D eigenvalue weighted by Gasteiger charge is -2.15. The van der Waals surface area contributed by atoms with E-state index in [4.69, 9.17) is 9.47 Å². The van der Waals surface area contributed by atoms with Crippen molar-refractivity contribution < 1.29 is 24.2 Å². The first-order valence-electron chi connectivity index (χ1n) is 29.6. The second kappa shape index (κ2) is 60.6. The Bertz CT molecular complexity index is 1440. The molecule has 0 fully saturated rings. The van der Waals surface area contributed by atoms with Crippen LogP contribution < -0.4 is 0 Å². The van der Waals surface area contributed by atoms with E-state index in [1.807, 2.05) is 0 Å². The lowest BCUT2D eigenvalue weighted by molar-refractivity contribution is -0.161. The summed E-state index contributed by atoms with van der Waals surface area (Å²) in [6, 6.07) is 0. The fraction of sp³-hybridized carbons (Fsp3) is 0.667. The first-order valence-corrected chi connectivity index (χ1v) is 29.6. The number of allylic oxidation sites excluding steroid dienone is 20. The highest BCUT2D eigenvalue weighted by atomic mass is 16.6. The highest BCUT2D eigenvalue weighted by molar-refractivity contribution is 5.70. The number of hydrogen-bond donors (Lipinski definition) is 1. The summed E-state index contributed by atoms with van der Waals surface area (Å²) in [6.45, 7) is 4.00. The Morgan fingerprint density at radius 3 is 0.915 bits per heavy atom. The minimum atomic E-state index is -0.783. The first-order chi connectivity index (χ1) is 35.1. The SMILES string of the molecule is CC/C=C\C/C=C\C/C=C\C/C=C\C/C=C\C/C=C\C/C=C\C/C=C\CCCCCCCCCCCCCCCCCCC(=O)OC(CO)COC(=O)CCCCCCC/C=C\C/C=C\CCCCCC. The first kappa shape index (κ1) is 67.3. The molecule has 0 aliphatic carbocycles. The van der Waals surface area contributed by atoms with Crippen LogP contribution in [0.1, 0.15) is 264 Å². The van der Waals surface area contributed by atoms with Crippen LogP contribution in [0.4, 0.5) is 0 Å². The molecule has 5 heteroatoms. The Morgan fingerprint density at radius 2 is 0.606 bits per heavy atom. The van der Waals surface area contributed by atoms with Gasteiger partial charge in [0.15, 0.2) is 6.10 Å². The van der Waals surface area contributed by atoms with Crippen molar-refractivity contribution in [3.8, 4) is 0 Å². The second-order valence-electron chi connectivity index (χ2n) is 19.3. The number of carbonyl (C=O) groups is 2. The molecule has 0 heterocycles. The molecule has 1 N–H and O–H groups in total. The number of carbonyl (C=O) groups excluding carboxylic acids is 2. The lowest BCUT2D eigenvalue weighted by Crippen LogP contribution is -2.28. The Kier molecular flexibility index (Phi) is 57.4. The summed E-state index contributed by atoms with van der Waals surface area (Å²) in [6.07, 6.45) is 89.0. The van der Waals surface area contributed by atoms with E-state index in [-0.39, 0.29) is 25.2 Å². The molecule has 0 saturated heterocycles. The second-order valence-corrected chi connectivity index (χ2v) is 19.3. The Morgan fingerprint density at radius 1 is 0.338 bits per heavy atom. The van der Waals surface area contributed by atoms with Crippen LogP contribution in [0, 0.1) is 0 Å². The van der Waals surface area contributed by atoms with Gasteiger partial charge in [0.05, 0.1) is 6.61 Å². The predicted octanol–water partition coefficient (Wildman–Crippen LogP) is 20.2. The van der Waals surface area contributed by atoms with Crippen molar-refractivity contribution in [2.45, 2.75) is 270 Å². The van der Waals surface area contributed by atoms with E-state index in [0.29, 0.717) is 12.8 Å². The van der Waals surface area contributed by atoms with Gasteiger partial charge in [0, 0.05) is 12.8 Å². The summed E-state index contributed by atoms with van der Waals surface area (Å²) in [7, 11) is 0. The number of esters is 2. The van der Waals surface area contributed by atoms with Crippen LogP contribution in [0.25, 0.3) is 0 Å². The van der Waals surface area contributed by atoms with Crippen LogP contribution in [0.2, 0.25) is 0 Å². The van der Waals surface area contributed by atoms with Crippen LogP contribution >= 0.6 is 0 Å². The van der Waals surface area contributed by atoms with Crippen molar-refractivity contribution in [2.75, 3.05) is 13.2 Å². The molecule has 0 saturated carbocycles. The predicted molar refractivity (Wildman–Crippen MR) is 311 cm³/mol. The van der Waals surface area contributed by atoms with Gasteiger partial charge in [-0.15, -0.1) is 0 Å². The smallest absolute Gasteiger partial charge is 0.306 e. The molecular formula is C66H110O5. The number of ether oxygens (including phenoxy) is 2. The molecule has 0 aliphatic rings. The van der Waals surface area contributed by atoms with Gasteiger partial charge in [-0.05, 0) is 109 Å². The van der Waals surface area contributed by atoms with Crippen LogP contribution in [0.15, 0.2) is 122 Å². The molecule has 0 radical (unpaired) electrons. The minimum absolute atomic E-state index is 0.0761. The summed E-state index contributed by atoms with van der Waals surface area (Å²) < 4.78 is 10.7. The average Bonchev–Trinajstić information content (AvgIpc) is 3.37. The van der Waals surface area contributed by atoms with Crippen LogP contribution in [0.5, 0.6) is 0 Å². The maximum atomic E-state index is 12.3. The fourth-order valence-electron chi connectivity index (χ4n) is 8.07. The van der Waals surface area contributed by atoms with E-state index in [1.54, 1.807) is 0 Å². The van der Waals surface area contributed by atoms with Gasteiger partial charge >= 0.3 is 11.9 Å². The van der Waals surface area contributed by atoms with Crippen LogP contribution in [0.3, 0.4) is 0 Å². The van der Waals surface area contributed by atoms with Gasteiger partial charge in [0.2, 0.25) is 0 Å². The van der Waals surface area contributed by atoms with E-state index >= 15 is 0 Å². The Hall–Kier alpha value is -3.70. The van der Waals surface area contributed by atoms with E-state index in [0.717, 1.165) is 103 Å². The third-order valence-corrected chi connectivity index (χ3v) is 12.5.